The number of hydrogen-bond donors (Lipinski definition) is 0. The molecular weight excluding hydrogens is 207 g/mol. The molecule has 1 aromatic rings. The van der Waals surface area contributed by atoms with Crippen LogP contribution in [-0.2, 0) is 6.18 Å². The predicted molar refractivity (Wildman–Crippen MR) is 49.9 cm³/mol. The third-order valence-electron chi connectivity index (χ3n) is 1.79. The van der Waals surface area contributed by atoms with Gasteiger partial charge in [-0.1, -0.05) is 12.7 Å². The molecule has 0 unspecified atom stereocenters. The normalized spacial score (nSPS) is 13.0. The highest BCUT2D eigenvalue weighted by molar-refractivity contribution is 5.47. The van der Waals surface area contributed by atoms with Gasteiger partial charge in [0.05, 0.1) is 0 Å². The third kappa shape index (κ3) is 2.26. The molecule has 6 heteroatoms. The molecule has 0 fully saturated rings. The summed E-state index contributed by atoms with van der Waals surface area (Å²) in [6.07, 6.45) is -1.63. The van der Waals surface area contributed by atoms with Crippen molar-refractivity contribution in [1.29, 1.82) is 0 Å². The average molecular weight is 217 g/mol. The first kappa shape index (κ1) is 11.5. The molecule has 0 aliphatic heterocycles. The van der Waals surface area contributed by atoms with Gasteiger partial charge in [0.2, 0.25) is 5.82 Å². The van der Waals surface area contributed by atoms with Crippen LogP contribution in [0.3, 0.4) is 0 Å². The van der Waals surface area contributed by atoms with Crippen LogP contribution in [0, 0.1) is 6.92 Å². The zero-order valence-electron chi connectivity index (χ0n) is 8.34. The lowest BCUT2D eigenvalue weighted by Crippen LogP contribution is -2.14. The molecule has 0 amide bonds. The first-order valence-electron chi connectivity index (χ1n) is 4.17. The molecule has 0 aliphatic rings. The quantitative estimate of drug-likeness (QED) is 0.713. The maximum Gasteiger partial charge on any atom is 0.452 e. The van der Waals surface area contributed by atoms with E-state index in [0.717, 1.165) is 4.57 Å². The Bertz CT molecular complexity index is 401. The van der Waals surface area contributed by atoms with E-state index in [-0.39, 0.29) is 5.82 Å². The van der Waals surface area contributed by atoms with Gasteiger partial charge in [0.15, 0.2) is 0 Å². The van der Waals surface area contributed by atoms with Gasteiger partial charge in [0.25, 0.3) is 0 Å². The summed E-state index contributed by atoms with van der Waals surface area (Å²) in [7, 11) is 0. The number of alkyl halides is 3. The van der Waals surface area contributed by atoms with Crippen LogP contribution in [0.4, 0.5) is 13.2 Å². The molecule has 82 valence electrons. The minimum Gasteiger partial charge on any atom is -0.280 e. The van der Waals surface area contributed by atoms with Gasteiger partial charge < -0.3 is 0 Å². The molecule has 1 rings (SSSR count). The molecule has 0 bridgehead atoms. The van der Waals surface area contributed by atoms with Crippen LogP contribution < -0.4 is 0 Å². The lowest BCUT2D eigenvalue weighted by molar-refractivity contribution is -0.146. The topological polar surface area (TPSA) is 30.7 Å². The van der Waals surface area contributed by atoms with E-state index >= 15 is 0 Å². The summed E-state index contributed by atoms with van der Waals surface area (Å²) in [5.41, 5.74) is 0.375. The molecule has 0 N–H and O–H groups in total. The van der Waals surface area contributed by atoms with Crippen LogP contribution in [-0.4, -0.2) is 14.8 Å². The number of allylic oxidation sites excluding steroid dienone is 3. The fourth-order valence-electron chi connectivity index (χ4n) is 1.21. The lowest BCUT2D eigenvalue weighted by atomic mass is 10.4. The van der Waals surface area contributed by atoms with Crippen LogP contribution >= 0.6 is 0 Å². The second kappa shape index (κ2) is 3.88. The average Bonchev–Trinajstić information content (AvgIpc) is 2.46. The Morgan fingerprint density at radius 3 is 2.47 bits per heavy atom. The van der Waals surface area contributed by atoms with Gasteiger partial charge in [-0.15, -0.1) is 10.2 Å². The maximum atomic E-state index is 12.5. The monoisotopic (exact) mass is 217 g/mol. The third-order valence-corrected chi connectivity index (χ3v) is 1.79. The molecule has 0 radical (unpaired) electrons. The molecule has 0 spiro atoms. The van der Waals surface area contributed by atoms with Crippen molar-refractivity contribution in [3.63, 3.8) is 0 Å². The van der Waals surface area contributed by atoms with Gasteiger partial charge in [-0.05, 0) is 19.9 Å². The summed E-state index contributed by atoms with van der Waals surface area (Å²) in [5, 5.41) is 6.51. The van der Waals surface area contributed by atoms with Crippen molar-refractivity contribution in [3.8, 4) is 0 Å². The summed E-state index contributed by atoms with van der Waals surface area (Å²) in [5.74, 6) is -0.825. The predicted octanol–water partition coefficient (Wildman–Crippen LogP) is 2.65. The maximum absolute atomic E-state index is 12.5. The van der Waals surface area contributed by atoms with E-state index in [1.165, 1.54) is 26.0 Å². The van der Waals surface area contributed by atoms with Gasteiger partial charge >= 0.3 is 6.18 Å². The van der Waals surface area contributed by atoms with Crippen molar-refractivity contribution in [1.82, 2.24) is 14.8 Å². The van der Waals surface area contributed by atoms with Crippen molar-refractivity contribution in [2.75, 3.05) is 0 Å². The van der Waals surface area contributed by atoms with Gasteiger partial charge in [-0.3, -0.25) is 4.57 Å². The minimum atomic E-state index is -4.50. The highest BCUT2D eigenvalue weighted by Crippen LogP contribution is 2.29. The van der Waals surface area contributed by atoms with Gasteiger partial charge in [-0.25, -0.2) is 0 Å². The van der Waals surface area contributed by atoms with E-state index in [0.29, 0.717) is 5.70 Å². The summed E-state index contributed by atoms with van der Waals surface area (Å²) >= 11 is 0. The van der Waals surface area contributed by atoms with Crippen molar-refractivity contribution in [3.05, 3.63) is 30.4 Å². The van der Waals surface area contributed by atoms with Crippen LogP contribution in [0.25, 0.3) is 5.70 Å². The smallest absolute Gasteiger partial charge is 0.280 e. The highest BCUT2D eigenvalue weighted by Gasteiger charge is 2.38. The highest BCUT2D eigenvalue weighted by atomic mass is 19.4. The number of aromatic nitrogens is 3. The van der Waals surface area contributed by atoms with E-state index in [1.54, 1.807) is 0 Å². The molecule has 1 heterocycles. The zero-order valence-corrected chi connectivity index (χ0v) is 8.34. The van der Waals surface area contributed by atoms with Gasteiger partial charge in [-0.2, -0.15) is 13.2 Å². The molecule has 15 heavy (non-hydrogen) atoms. The molecule has 0 atom stereocenters. The van der Waals surface area contributed by atoms with Crippen LogP contribution in [0.5, 0.6) is 0 Å². The molecule has 0 aromatic carbocycles. The van der Waals surface area contributed by atoms with Crippen molar-refractivity contribution in [2.24, 2.45) is 0 Å². The summed E-state index contributed by atoms with van der Waals surface area (Å²) in [6, 6.07) is 0. The Hall–Kier alpha value is -1.59. The van der Waals surface area contributed by atoms with Gasteiger partial charge in [0.1, 0.15) is 5.82 Å². The molecule has 3 nitrogen and oxygen atoms in total. The van der Waals surface area contributed by atoms with Crippen LogP contribution in [0.15, 0.2) is 18.7 Å². The minimum absolute atomic E-state index is 0.193. The summed E-state index contributed by atoms with van der Waals surface area (Å²) < 4.78 is 38.4. The lowest BCUT2D eigenvalue weighted by Gasteiger charge is -2.10. The number of aryl methyl sites for hydroxylation is 1. The summed E-state index contributed by atoms with van der Waals surface area (Å²) in [4.78, 5) is 0. The Balaban J connectivity index is 3.34. The van der Waals surface area contributed by atoms with Gasteiger partial charge in [0, 0.05) is 5.70 Å². The van der Waals surface area contributed by atoms with Crippen LogP contribution in [0.2, 0.25) is 0 Å². The van der Waals surface area contributed by atoms with E-state index in [2.05, 4.69) is 16.8 Å². The van der Waals surface area contributed by atoms with Crippen molar-refractivity contribution >= 4 is 5.70 Å². The molecule has 0 saturated heterocycles. The van der Waals surface area contributed by atoms with Crippen molar-refractivity contribution < 1.29 is 13.2 Å². The Morgan fingerprint density at radius 1 is 1.40 bits per heavy atom. The molecule has 1 aromatic heterocycles. The molecule has 0 saturated carbocycles. The number of nitrogens with zero attached hydrogens (tertiary/aromatic N) is 3. The second-order valence-electron chi connectivity index (χ2n) is 2.95. The SMILES string of the molecule is C=C/C=C(\C)n1c(C)nnc1C(F)(F)F. The molecular formula is C9H10F3N3. The fourth-order valence-corrected chi connectivity index (χ4v) is 1.21. The standard InChI is InChI=1S/C9H10F3N3/c1-4-5-6(2)15-7(3)13-14-8(15)9(10,11)12/h4-5H,1H2,2-3H3/b6-5+. The Labute approximate surface area is 84.9 Å². The van der Waals surface area contributed by atoms with E-state index < -0.39 is 12.0 Å². The van der Waals surface area contributed by atoms with E-state index in [9.17, 15) is 13.2 Å². The number of hydrogen-bond acceptors (Lipinski definition) is 2. The Kier molecular flexibility index (Phi) is 2.97. The first-order chi connectivity index (χ1) is 6.88. The zero-order chi connectivity index (χ0) is 11.6. The Morgan fingerprint density at radius 2 is 2.00 bits per heavy atom. The van der Waals surface area contributed by atoms with E-state index in [4.69, 9.17) is 0 Å². The summed E-state index contributed by atoms with van der Waals surface area (Å²) in [6.45, 7) is 6.42. The first-order valence-corrected chi connectivity index (χ1v) is 4.17. The largest absolute Gasteiger partial charge is 0.452 e. The van der Waals surface area contributed by atoms with Crippen molar-refractivity contribution in [2.45, 2.75) is 20.0 Å². The number of rotatable bonds is 2. The fraction of sp³-hybridized carbons (Fsp3) is 0.333. The van der Waals surface area contributed by atoms with Crippen LogP contribution in [0.1, 0.15) is 18.6 Å². The van der Waals surface area contributed by atoms with E-state index in [1.807, 2.05) is 0 Å². The second-order valence-corrected chi connectivity index (χ2v) is 2.95. The molecule has 0 aliphatic carbocycles. The number of halogens is 3.